The summed E-state index contributed by atoms with van der Waals surface area (Å²) in [5.41, 5.74) is 0.824. The fraction of sp³-hybridized carbons (Fsp3) is 0.444. The minimum Gasteiger partial charge on any atom is -0.459 e. The van der Waals surface area contributed by atoms with Crippen molar-refractivity contribution in [1.29, 1.82) is 0 Å². The maximum Gasteiger partial charge on any atom is 0.318 e. The van der Waals surface area contributed by atoms with Crippen molar-refractivity contribution in [3.05, 3.63) is 29.3 Å². The van der Waals surface area contributed by atoms with Crippen LogP contribution in [0.25, 0.3) is 11.0 Å². The van der Waals surface area contributed by atoms with Gasteiger partial charge in [-0.15, -0.1) is 0 Å². The van der Waals surface area contributed by atoms with E-state index in [9.17, 15) is 9.18 Å². The zero-order valence-corrected chi connectivity index (χ0v) is 16.7. The highest BCUT2D eigenvalue weighted by molar-refractivity contribution is 7.15. The zero-order chi connectivity index (χ0) is 19.8. The Morgan fingerprint density at radius 2 is 2.29 bits per heavy atom. The number of aryl methyl sites for hydroxylation is 1. The summed E-state index contributed by atoms with van der Waals surface area (Å²) in [6, 6.07) is 2.52. The number of ether oxygens (including phenoxy) is 1. The van der Waals surface area contributed by atoms with Crippen LogP contribution in [0.15, 0.2) is 18.5 Å². The normalized spacial score (nSPS) is 20.0. The summed E-state index contributed by atoms with van der Waals surface area (Å²) in [6.45, 7) is 4.51. The molecule has 1 aliphatic rings. The van der Waals surface area contributed by atoms with E-state index < -0.39 is 5.95 Å². The molecule has 0 unspecified atom stereocenters. The van der Waals surface area contributed by atoms with Gasteiger partial charge < -0.3 is 14.6 Å². The third-order valence-corrected chi connectivity index (χ3v) is 5.73. The van der Waals surface area contributed by atoms with Gasteiger partial charge in [0.25, 0.3) is 0 Å². The van der Waals surface area contributed by atoms with Crippen molar-refractivity contribution in [2.45, 2.75) is 39.0 Å². The van der Waals surface area contributed by atoms with Gasteiger partial charge in [0.1, 0.15) is 11.8 Å². The lowest BCUT2D eigenvalue weighted by molar-refractivity contribution is -0.114. The van der Waals surface area contributed by atoms with Crippen LogP contribution in [0, 0.1) is 5.95 Å². The number of aromatic nitrogens is 4. The fourth-order valence-corrected chi connectivity index (χ4v) is 4.32. The van der Waals surface area contributed by atoms with Gasteiger partial charge >= 0.3 is 6.01 Å². The van der Waals surface area contributed by atoms with Crippen molar-refractivity contribution in [2.75, 3.05) is 11.9 Å². The van der Waals surface area contributed by atoms with E-state index in [0.29, 0.717) is 24.0 Å². The number of nitrogens with one attached hydrogen (secondary N) is 1. The molecule has 1 saturated heterocycles. The first-order valence-electron chi connectivity index (χ1n) is 9.00. The van der Waals surface area contributed by atoms with Gasteiger partial charge in [-0.3, -0.25) is 9.69 Å². The second kappa shape index (κ2) is 7.44. The van der Waals surface area contributed by atoms with Crippen molar-refractivity contribution in [2.24, 2.45) is 7.05 Å². The molecule has 4 rings (SSSR count). The summed E-state index contributed by atoms with van der Waals surface area (Å²) >= 11 is 1.16. The molecule has 0 saturated carbocycles. The number of likely N-dealkylation sites (tertiary alicyclic amines) is 1. The van der Waals surface area contributed by atoms with Gasteiger partial charge in [-0.05, 0) is 13.0 Å². The molecule has 10 heteroatoms. The van der Waals surface area contributed by atoms with E-state index >= 15 is 0 Å². The van der Waals surface area contributed by atoms with Crippen molar-refractivity contribution in [3.63, 3.8) is 0 Å². The number of anilines is 1. The van der Waals surface area contributed by atoms with Gasteiger partial charge in [0, 0.05) is 57.3 Å². The lowest BCUT2D eigenvalue weighted by Crippen LogP contribution is -2.28. The number of rotatable bonds is 5. The highest BCUT2D eigenvalue weighted by Crippen LogP contribution is 2.28. The van der Waals surface area contributed by atoms with Crippen LogP contribution < -0.4 is 10.1 Å². The molecular weight excluding hydrogens is 383 g/mol. The van der Waals surface area contributed by atoms with Crippen LogP contribution in [0.1, 0.15) is 25.1 Å². The predicted molar refractivity (Wildman–Crippen MR) is 104 cm³/mol. The van der Waals surface area contributed by atoms with Gasteiger partial charge in [0.2, 0.25) is 11.9 Å². The van der Waals surface area contributed by atoms with Crippen molar-refractivity contribution in [1.82, 2.24) is 24.4 Å². The lowest BCUT2D eigenvalue weighted by atomic mass is 10.2. The second-order valence-corrected chi connectivity index (χ2v) is 8.11. The molecule has 1 aliphatic heterocycles. The first-order valence-corrected chi connectivity index (χ1v) is 9.82. The third-order valence-electron chi connectivity index (χ3n) is 4.80. The number of hydrogen-bond donors (Lipinski definition) is 1. The van der Waals surface area contributed by atoms with Crippen molar-refractivity contribution < 1.29 is 13.9 Å². The minimum atomic E-state index is -0.539. The average molecular weight is 404 g/mol. The average Bonchev–Trinajstić information content (AvgIpc) is 3.27. The van der Waals surface area contributed by atoms with Crippen LogP contribution in [0.4, 0.5) is 9.52 Å². The molecular formula is C18H21FN6O2S. The number of thiazole rings is 1. The van der Waals surface area contributed by atoms with Crippen molar-refractivity contribution >= 4 is 33.4 Å². The Hall–Kier alpha value is -2.59. The Labute approximate surface area is 165 Å². The number of nitrogens with zero attached hydrogens (tertiary/aromatic N) is 5. The molecule has 1 N–H and O–H groups in total. The highest BCUT2D eigenvalue weighted by atomic mass is 32.1. The molecule has 0 aromatic carbocycles. The Balaban J connectivity index is 1.42. The Morgan fingerprint density at radius 1 is 1.46 bits per heavy atom. The molecule has 3 aromatic rings. The molecule has 2 atom stereocenters. The van der Waals surface area contributed by atoms with Crippen LogP contribution in [0.2, 0.25) is 0 Å². The van der Waals surface area contributed by atoms with Crippen LogP contribution in [-0.2, 0) is 18.4 Å². The summed E-state index contributed by atoms with van der Waals surface area (Å²) in [7, 11) is 1.93. The van der Waals surface area contributed by atoms with E-state index in [4.69, 9.17) is 4.74 Å². The molecule has 1 amide bonds. The molecule has 8 nitrogen and oxygen atoms in total. The maximum atomic E-state index is 14.1. The highest BCUT2D eigenvalue weighted by Gasteiger charge is 2.32. The smallest absolute Gasteiger partial charge is 0.318 e. The third kappa shape index (κ3) is 3.83. The number of hydrogen-bond acceptors (Lipinski definition) is 7. The maximum absolute atomic E-state index is 14.1. The fourth-order valence-electron chi connectivity index (χ4n) is 3.41. The molecule has 4 heterocycles. The summed E-state index contributed by atoms with van der Waals surface area (Å²) in [5.74, 6) is -0.804. The summed E-state index contributed by atoms with van der Waals surface area (Å²) in [5, 5.41) is 3.77. The number of fused-ring (bicyclic) bond motifs is 1. The van der Waals surface area contributed by atoms with Gasteiger partial charge in [-0.25, -0.2) is 4.98 Å². The summed E-state index contributed by atoms with van der Waals surface area (Å²) < 4.78 is 22.0. The molecule has 0 bridgehead atoms. The van der Waals surface area contributed by atoms with Gasteiger partial charge in [0.05, 0.1) is 4.88 Å². The van der Waals surface area contributed by atoms with E-state index in [1.807, 2.05) is 23.9 Å². The van der Waals surface area contributed by atoms with Gasteiger partial charge in [-0.1, -0.05) is 11.3 Å². The zero-order valence-electron chi connectivity index (χ0n) is 15.8. The molecule has 148 valence electrons. The lowest BCUT2D eigenvalue weighted by Gasteiger charge is -2.19. The monoisotopic (exact) mass is 404 g/mol. The second-order valence-electron chi connectivity index (χ2n) is 7.03. The summed E-state index contributed by atoms with van der Waals surface area (Å²) in [6.07, 6.45) is 4.41. The predicted octanol–water partition coefficient (Wildman–Crippen LogP) is 2.56. The van der Waals surface area contributed by atoms with E-state index in [1.165, 1.54) is 6.92 Å². The van der Waals surface area contributed by atoms with Gasteiger partial charge in [-0.2, -0.15) is 14.4 Å². The molecule has 1 fully saturated rings. The number of carbonyl (C=O) groups excluding carboxylic acids is 1. The summed E-state index contributed by atoms with van der Waals surface area (Å²) in [4.78, 5) is 26.3. The van der Waals surface area contributed by atoms with Crippen LogP contribution in [0.5, 0.6) is 6.01 Å². The minimum absolute atomic E-state index is 0.0708. The first-order chi connectivity index (χ1) is 13.4. The largest absolute Gasteiger partial charge is 0.459 e. The Morgan fingerprint density at radius 3 is 3.07 bits per heavy atom. The molecule has 0 spiro atoms. The van der Waals surface area contributed by atoms with E-state index in [0.717, 1.165) is 28.8 Å². The number of halogens is 1. The Kier molecular flexibility index (Phi) is 4.98. The van der Waals surface area contributed by atoms with Gasteiger partial charge in [0.15, 0.2) is 5.13 Å². The standard InChI is InChI=1S/C18H21FN6O2S/c1-10-6-13(27-17-20-7-12-4-5-24(3)16(12)23-17)8-25(10)9-14-15(19)22-18(28-14)21-11(2)26/h4-5,7,10,13H,6,8-9H2,1-3H3,(H,21,22,26)/t10-,13+/m0/s1. The molecule has 0 aliphatic carbocycles. The first kappa shape index (κ1) is 18.8. The molecule has 3 aromatic heterocycles. The van der Waals surface area contributed by atoms with E-state index in [-0.39, 0.29) is 23.2 Å². The van der Waals surface area contributed by atoms with Crippen LogP contribution in [-0.4, -0.2) is 49.0 Å². The van der Waals surface area contributed by atoms with E-state index in [1.54, 1.807) is 6.20 Å². The van der Waals surface area contributed by atoms with Crippen LogP contribution in [0.3, 0.4) is 0 Å². The molecule has 0 radical (unpaired) electrons. The number of carbonyl (C=O) groups is 1. The Bertz CT molecular complexity index is 1020. The SMILES string of the molecule is CC(=O)Nc1nc(F)c(CN2C[C@H](Oc3ncc4ccn(C)c4n3)C[C@@H]2C)s1. The topological polar surface area (TPSA) is 85.2 Å². The molecule has 28 heavy (non-hydrogen) atoms. The van der Waals surface area contributed by atoms with E-state index in [2.05, 4.69) is 32.1 Å². The van der Waals surface area contributed by atoms with Crippen molar-refractivity contribution in [3.8, 4) is 6.01 Å². The quantitative estimate of drug-likeness (QED) is 0.704. The number of amides is 1. The van der Waals surface area contributed by atoms with Crippen LogP contribution >= 0.6 is 11.3 Å².